The number of rotatable bonds is 5. The molecule has 1 N–H and O–H groups in total. The van der Waals surface area contributed by atoms with E-state index in [4.69, 9.17) is 9.47 Å². The number of benzene rings is 1. The number of aryl methyl sites for hydroxylation is 2. The van der Waals surface area contributed by atoms with Crippen molar-refractivity contribution in [1.82, 2.24) is 9.97 Å². The third-order valence-electron chi connectivity index (χ3n) is 3.64. The van der Waals surface area contributed by atoms with E-state index in [1.54, 1.807) is 42.7 Å². The summed E-state index contributed by atoms with van der Waals surface area (Å²) in [6, 6.07) is 7.10. The van der Waals surface area contributed by atoms with Gasteiger partial charge in [0.25, 0.3) is 5.91 Å². The number of hydrogen-bond donors (Lipinski definition) is 1. The molecule has 0 aliphatic rings. The summed E-state index contributed by atoms with van der Waals surface area (Å²) < 4.78 is 10.7. The number of aromatic nitrogens is 2. The molecule has 6 nitrogen and oxygen atoms in total. The standard InChI is InChI=1S/C17H17N3O3S/c1-10-11(2)24-17-15(10)16(18-9-19-17)23-8-14(21)20-12-4-6-13(22-3)7-5-12/h4-7,9H,8H2,1-3H3,(H,20,21). The molecule has 0 saturated heterocycles. The van der Waals surface area contributed by atoms with Gasteiger partial charge >= 0.3 is 0 Å². The Morgan fingerprint density at radius 2 is 1.96 bits per heavy atom. The Kier molecular flexibility index (Phi) is 4.61. The van der Waals surface area contributed by atoms with Crippen molar-refractivity contribution in [2.75, 3.05) is 19.0 Å². The van der Waals surface area contributed by atoms with Crippen LogP contribution in [0.2, 0.25) is 0 Å². The van der Waals surface area contributed by atoms with Crippen LogP contribution in [0.4, 0.5) is 5.69 Å². The first-order valence-corrected chi connectivity index (χ1v) is 8.17. The van der Waals surface area contributed by atoms with Gasteiger partial charge in [-0.15, -0.1) is 11.3 Å². The van der Waals surface area contributed by atoms with Gasteiger partial charge < -0.3 is 14.8 Å². The Morgan fingerprint density at radius 3 is 2.67 bits per heavy atom. The van der Waals surface area contributed by atoms with Gasteiger partial charge in [-0.3, -0.25) is 4.79 Å². The van der Waals surface area contributed by atoms with Crippen molar-refractivity contribution in [3.8, 4) is 11.6 Å². The molecule has 1 aromatic carbocycles. The van der Waals surface area contributed by atoms with Gasteiger partial charge in [0.15, 0.2) is 6.61 Å². The molecule has 3 rings (SSSR count). The Morgan fingerprint density at radius 1 is 1.21 bits per heavy atom. The molecule has 0 atom stereocenters. The van der Waals surface area contributed by atoms with Crippen molar-refractivity contribution in [1.29, 1.82) is 0 Å². The molecule has 0 bridgehead atoms. The molecule has 24 heavy (non-hydrogen) atoms. The predicted molar refractivity (Wildman–Crippen MR) is 94.0 cm³/mol. The fourth-order valence-electron chi connectivity index (χ4n) is 2.26. The third kappa shape index (κ3) is 3.30. The van der Waals surface area contributed by atoms with E-state index in [9.17, 15) is 4.79 Å². The SMILES string of the molecule is COc1ccc(NC(=O)COc2ncnc3sc(C)c(C)c23)cc1. The molecule has 0 aliphatic carbocycles. The summed E-state index contributed by atoms with van der Waals surface area (Å²) in [5, 5.41) is 3.64. The van der Waals surface area contributed by atoms with Crippen LogP contribution < -0.4 is 14.8 Å². The van der Waals surface area contributed by atoms with Crippen molar-refractivity contribution in [2.45, 2.75) is 13.8 Å². The zero-order chi connectivity index (χ0) is 17.1. The Labute approximate surface area is 143 Å². The van der Waals surface area contributed by atoms with Gasteiger partial charge in [0, 0.05) is 10.6 Å². The molecule has 0 spiro atoms. The number of amides is 1. The maximum atomic E-state index is 12.1. The Hall–Kier alpha value is -2.67. The van der Waals surface area contributed by atoms with Crippen molar-refractivity contribution in [2.24, 2.45) is 0 Å². The van der Waals surface area contributed by atoms with Gasteiger partial charge in [0.1, 0.15) is 16.9 Å². The number of fused-ring (bicyclic) bond motifs is 1. The topological polar surface area (TPSA) is 73.3 Å². The van der Waals surface area contributed by atoms with Crippen LogP contribution in [0.5, 0.6) is 11.6 Å². The predicted octanol–water partition coefficient (Wildman–Crippen LogP) is 3.33. The molecule has 0 radical (unpaired) electrons. The number of thiophene rings is 1. The van der Waals surface area contributed by atoms with Crippen molar-refractivity contribution < 1.29 is 14.3 Å². The lowest BCUT2D eigenvalue weighted by Gasteiger charge is -2.08. The second kappa shape index (κ2) is 6.84. The minimum absolute atomic E-state index is 0.119. The van der Waals surface area contributed by atoms with E-state index < -0.39 is 0 Å². The van der Waals surface area contributed by atoms with Crippen LogP contribution in [0.15, 0.2) is 30.6 Å². The highest BCUT2D eigenvalue weighted by Crippen LogP contribution is 2.33. The normalized spacial score (nSPS) is 10.6. The molecule has 7 heteroatoms. The molecular weight excluding hydrogens is 326 g/mol. The molecule has 0 aliphatic heterocycles. The fourth-order valence-corrected chi connectivity index (χ4v) is 3.25. The van der Waals surface area contributed by atoms with Gasteiger partial charge in [0.2, 0.25) is 5.88 Å². The van der Waals surface area contributed by atoms with Crippen LogP contribution in [0.3, 0.4) is 0 Å². The maximum absolute atomic E-state index is 12.1. The summed E-state index contributed by atoms with van der Waals surface area (Å²) in [6.07, 6.45) is 1.45. The number of carbonyl (C=O) groups is 1. The minimum atomic E-state index is -0.253. The van der Waals surface area contributed by atoms with Gasteiger partial charge in [-0.25, -0.2) is 9.97 Å². The van der Waals surface area contributed by atoms with Crippen molar-refractivity contribution in [3.63, 3.8) is 0 Å². The zero-order valence-corrected chi connectivity index (χ0v) is 14.4. The highest BCUT2D eigenvalue weighted by molar-refractivity contribution is 7.18. The summed E-state index contributed by atoms with van der Waals surface area (Å²) in [7, 11) is 1.60. The number of anilines is 1. The first kappa shape index (κ1) is 16.2. The van der Waals surface area contributed by atoms with Crippen LogP contribution in [-0.2, 0) is 4.79 Å². The summed E-state index contributed by atoms with van der Waals surface area (Å²) in [4.78, 5) is 22.5. The van der Waals surface area contributed by atoms with Crippen LogP contribution in [0.25, 0.3) is 10.2 Å². The molecular formula is C17H17N3O3S. The summed E-state index contributed by atoms with van der Waals surface area (Å²) in [6.45, 7) is 3.91. The van der Waals surface area contributed by atoms with Crippen molar-refractivity contribution >= 4 is 33.1 Å². The van der Waals surface area contributed by atoms with E-state index in [2.05, 4.69) is 15.3 Å². The molecule has 1 amide bonds. The number of ether oxygens (including phenoxy) is 2. The number of carbonyl (C=O) groups excluding carboxylic acids is 1. The van der Waals surface area contributed by atoms with Gasteiger partial charge in [0.05, 0.1) is 12.5 Å². The summed E-state index contributed by atoms with van der Waals surface area (Å²) in [5.74, 6) is 0.916. The monoisotopic (exact) mass is 343 g/mol. The van der Waals surface area contributed by atoms with Gasteiger partial charge in [-0.05, 0) is 43.7 Å². The van der Waals surface area contributed by atoms with Crippen LogP contribution in [0, 0.1) is 13.8 Å². The largest absolute Gasteiger partial charge is 0.497 e. The molecule has 0 unspecified atom stereocenters. The third-order valence-corrected chi connectivity index (χ3v) is 4.76. The molecule has 124 valence electrons. The van der Waals surface area contributed by atoms with Crippen molar-refractivity contribution in [3.05, 3.63) is 41.0 Å². The lowest BCUT2D eigenvalue weighted by atomic mass is 10.2. The Balaban J connectivity index is 1.68. The highest BCUT2D eigenvalue weighted by atomic mass is 32.1. The minimum Gasteiger partial charge on any atom is -0.497 e. The summed E-state index contributed by atoms with van der Waals surface area (Å²) >= 11 is 1.59. The van der Waals surface area contributed by atoms with E-state index in [0.717, 1.165) is 26.4 Å². The zero-order valence-electron chi connectivity index (χ0n) is 13.6. The number of hydrogen-bond acceptors (Lipinski definition) is 6. The van der Waals surface area contributed by atoms with E-state index in [0.29, 0.717) is 11.6 Å². The number of nitrogens with one attached hydrogen (secondary N) is 1. The van der Waals surface area contributed by atoms with Crippen LogP contribution in [-0.4, -0.2) is 29.6 Å². The molecule has 2 heterocycles. The smallest absolute Gasteiger partial charge is 0.262 e. The van der Waals surface area contributed by atoms with Crippen LogP contribution >= 0.6 is 11.3 Å². The maximum Gasteiger partial charge on any atom is 0.262 e. The molecule has 2 aromatic heterocycles. The first-order chi connectivity index (χ1) is 11.6. The van der Waals surface area contributed by atoms with E-state index >= 15 is 0 Å². The van der Waals surface area contributed by atoms with Crippen LogP contribution in [0.1, 0.15) is 10.4 Å². The highest BCUT2D eigenvalue weighted by Gasteiger charge is 2.14. The number of methoxy groups -OCH3 is 1. The van der Waals surface area contributed by atoms with E-state index in [-0.39, 0.29) is 12.5 Å². The van der Waals surface area contributed by atoms with Gasteiger partial charge in [-0.2, -0.15) is 0 Å². The molecule has 3 aromatic rings. The fraction of sp³-hybridized carbons (Fsp3) is 0.235. The average Bonchev–Trinajstić information content (AvgIpc) is 2.89. The molecule has 0 fully saturated rings. The Bertz CT molecular complexity index is 875. The molecule has 0 saturated carbocycles. The van der Waals surface area contributed by atoms with Gasteiger partial charge in [-0.1, -0.05) is 0 Å². The second-order valence-electron chi connectivity index (χ2n) is 5.21. The second-order valence-corrected chi connectivity index (χ2v) is 6.41. The van der Waals surface area contributed by atoms with E-state index in [1.165, 1.54) is 6.33 Å². The lowest BCUT2D eigenvalue weighted by molar-refractivity contribution is -0.118. The lowest BCUT2D eigenvalue weighted by Crippen LogP contribution is -2.20. The first-order valence-electron chi connectivity index (χ1n) is 7.36. The summed E-state index contributed by atoms with van der Waals surface area (Å²) in [5.41, 5.74) is 1.76. The van der Waals surface area contributed by atoms with E-state index in [1.807, 2.05) is 13.8 Å². The number of nitrogens with zero attached hydrogens (tertiary/aromatic N) is 2. The quantitative estimate of drug-likeness (QED) is 0.769. The average molecular weight is 343 g/mol.